The van der Waals surface area contributed by atoms with Gasteiger partial charge >= 0.3 is 5.97 Å². The van der Waals surface area contributed by atoms with Gasteiger partial charge in [0.2, 0.25) is 0 Å². The normalized spacial score (nSPS) is 8.85. The molecule has 0 saturated carbocycles. The molecule has 1 rings (SSSR count). The van der Waals surface area contributed by atoms with Crippen molar-refractivity contribution < 1.29 is 14.7 Å². The molecule has 64 valence electrons. The maximum Gasteiger partial charge on any atom is 0.354 e. The summed E-state index contributed by atoms with van der Waals surface area (Å²) in [5.74, 6) is -1.26. The van der Waals surface area contributed by atoms with Gasteiger partial charge in [-0.3, -0.25) is 4.79 Å². The molecular weight excluding hydrogens is 172 g/mol. The number of carboxylic acid groups (broad SMARTS) is 1. The van der Waals surface area contributed by atoms with Crippen LogP contribution in [0.4, 0.5) is 0 Å². The number of nitriles is 1. The molecule has 0 aliphatic heterocycles. The van der Waals surface area contributed by atoms with Crippen LogP contribution in [0.1, 0.15) is 26.5 Å². The second-order valence-electron chi connectivity index (χ2n) is 2.21. The van der Waals surface area contributed by atoms with Crippen molar-refractivity contribution in [3.63, 3.8) is 0 Å². The van der Waals surface area contributed by atoms with E-state index in [-0.39, 0.29) is 17.0 Å². The third-order valence-electron chi connectivity index (χ3n) is 1.32. The van der Waals surface area contributed by atoms with E-state index in [4.69, 9.17) is 10.4 Å². The van der Waals surface area contributed by atoms with Crippen molar-refractivity contribution in [1.29, 1.82) is 5.26 Å². The zero-order valence-corrected chi connectivity index (χ0v) is 6.39. The van der Waals surface area contributed by atoms with Crippen LogP contribution >= 0.6 is 0 Å². The minimum absolute atomic E-state index is 0.0815. The highest BCUT2D eigenvalue weighted by Crippen LogP contribution is 2.03. The first-order valence-electron chi connectivity index (χ1n) is 3.28. The van der Waals surface area contributed by atoms with E-state index in [2.05, 4.69) is 4.98 Å². The van der Waals surface area contributed by atoms with Crippen LogP contribution in [0.3, 0.4) is 0 Å². The highest BCUT2D eigenvalue weighted by atomic mass is 16.4. The summed E-state index contributed by atoms with van der Waals surface area (Å²) in [5, 5.41) is 17.0. The van der Waals surface area contributed by atoms with Crippen molar-refractivity contribution in [2.45, 2.75) is 0 Å². The molecule has 1 aromatic rings. The highest BCUT2D eigenvalue weighted by Gasteiger charge is 2.07. The van der Waals surface area contributed by atoms with E-state index in [1.807, 2.05) is 0 Å². The molecule has 5 heteroatoms. The molecule has 0 aliphatic rings. The number of carbonyl (C=O) groups excluding carboxylic acids is 1. The number of rotatable bonds is 2. The van der Waals surface area contributed by atoms with Crippen LogP contribution in [-0.4, -0.2) is 22.3 Å². The number of pyridine rings is 1. The molecule has 0 radical (unpaired) electrons. The van der Waals surface area contributed by atoms with Gasteiger partial charge in [0.05, 0.1) is 0 Å². The minimum Gasteiger partial charge on any atom is -0.477 e. The van der Waals surface area contributed by atoms with Crippen LogP contribution < -0.4 is 0 Å². The fourth-order valence-corrected chi connectivity index (χ4v) is 0.787. The van der Waals surface area contributed by atoms with Gasteiger partial charge in [-0.1, -0.05) is 0 Å². The minimum atomic E-state index is -1.26. The lowest BCUT2D eigenvalue weighted by Gasteiger charge is -1.95. The lowest BCUT2D eigenvalue weighted by Crippen LogP contribution is -2.03. The fourth-order valence-electron chi connectivity index (χ4n) is 0.787. The van der Waals surface area contributed by atoms with Gasteiger partial charge < -0.3 is 5.11 Å². The van der Waals surface area contributed by atoms with E-state index in [0.29, 0.717) is 6.29 Å². The topological polar surface area (TPSA) is 91.0 Å². The van der Waals surface area contributed by atoms with Crippen molar-refractivity contribution in [2.24, 2.45) is 0 Å². The number of aromatic carboxylic acids is 1. The third-order valence-corrected chi connectivity index (χ3v) is 1.32. The van der Waals surface area contributed by atoms with E-state index < -0.39 is 5.97 Å². The van der Waals surface area contributed by atoms with Gasteiger partial charge in [-0.25, -0.2) is 9.78 Å². The van der Waals surface area contributed by atoms with Gasteiger partial charge in [-0.2, -0.15) is 5.26 Å². The molecule has 0 spiro atoms. The SMILES string of the molecule is N#Cc1cc(C=O)cc(C(=O)O)n1. The van der Waals surface area contributed by atoms with Crippen molar-refractivity contribution in [3.05, 3.63) is 29.1 Å². The molecule has 5 nitrogen and oxygen atoms in total. The monoisotopic (exact) mass is 176 g/mol. The Balaban J connectivity index is 3.32. The first-order valence-corrected chi connectivity index (χ1v) is 3.28. The summed E-state index contributed by atoms with van der Waals surface area (Å²) in [6, 6.07) is 3.99. The second-order valence-corrected chi connectivity index (χ2v) is 2.21. The molecule has 0 aromatic carbocycles. The van der Waals surface area contributed by atoms with E-state index >= 15 is 0 Å². The Morgan fingerprint density at radius 1 is 1.62 bits per heavy atom. The number of aldehydes is 1. The van der Waals surface area contributed by atoms with E-state index in [0.717, 1.165) is 6.07 Å². The Bertz CT molecular complexity index is 406. The van der Waals surface area contributed by atoms with Crippen molar-refractivity contribution >= 4 is 12.3 Å². The summed E-state index contributed by atoms with van der Waals surface area (Å²) in [7, 11) is 0. The maximum absolute atomic E-state index is 10.4. The van der Waals surface area contributed by atoms with Gasteiger partial charge in [0.15, 0.2) is 0 Å². The van der Waals surface area contributed by atoms with Crippen LogP contribution in [0.25, 0.3) is 0 Å². The first-order chi connectivity index (χ1) is 6.17. The zero-order valence-electron chi connectivity index (χ0n) is 6.39. The van der Waals surface area contributed by atoms with Crippen molar-refractivity contribution in [1.82, 2.24) is 4.98 Å². The lowest BCUT2D eigenvalue weighted by molar-refractivity contribution is 0.0690. The molecule has 0 unspecified atom stereocenters. The van der Waals surface area contributed by atoms with Crippen LogP contribution in [0.2, 0.25) is 0 Å². The maximum atomic E-state index is 10.4. The van der Waals surface area contributed by atoms with Crippen LogP contribution in [0.15, 0.2) is 12.1 Å². The molecule has 0 bridgehead atoms. The van der Waals surface area contributed by atoms with E-state index in [1.54, 1.807) is 6.07 Å². The Kier molecular flexibility index (Phi) is 2.36. The standard InChI is InChI=1S/C8H4N2O3/c9-3-6-1-5(4-11)2-7(10-6)8(12)13/h1-2,4H,(H,12,13). The Morgan fingerprint density at radius 3 is 2.77 bits per heavy atom. The molecular formula is C8H4N2O3. The quantitative estimate of drug-likeness (QED) is 0.661. The van der Waals surface area contributed by atoms with Gasteiger partial charge in [-0.15, -0.1) is 0 Å². The predicted molar refractivity (Wildman–Crippen MR) is 41.3 cm³/mol. The number of hydrogen-bond acceptors (Lipinski definition) is 4. The Labute approximate surface area is 73.3 Å². The van der Waals surface area contributed by atoms with Crippen LogP contribution in [0, 0.1) is 11.3 Å². The molecule has 0 saturated heterocycles. The molecule has 1 aromatic heterocycles. The van der Waals surface area contributed by atoms with Crippen LogP contribution in [-0.2, 0) is 0 Å². The zero-order chi connectivity index (χ0) is 9.84. The molecule has 0 fully saturated rings. The Morgan fingerprint density at radius 2 is 2.31 bits per heavy atom. The molecule has 13 heavy (non-hydrogen) atoms. The number of hydrogen-bond donors (Lipinski definition) is 1. The second kappa shape index (κ2) is 3.45. The molecule has 1 N–H and O–H groups in total. The average molecular weight is 176 g/mol. The molecule has 0 atom stereocenters. The lowest BCUT2D eigenvalue weighted by atomic mass is 10.2. The van der Waals surface area contributed by atoms with Gasteiger partial charge in [0, 0.05) is 5.56 Å². The highest BCUT2D eigenvalue weighted by molar-refractivity contribution is 5.88. The van der Waals surface area contributed by atoms with Gasteiger partial charge in [0.1, 0.15) is 23.7 Å². The summed E-state index contributed by atoms with van der Waals surface area (Å²) in [4.78, 5) is 24.2. The van der Waals surface area contributed by atoms with Gasteiger partial charge in [-0.05, 0) is 12.1 Å². The van der Waals surface area contributed by atoms with Crippen molar-refractivity contribution in [3.8, 4) is 6.07 Å². The smallest absolute Gasteiger partial charge is 0.354 e. The summed E-state index contributed by atoms with van der Waals surface area (Å²) < 4.78 is 0. The van der Waals surface area contributed by atoms with E-state index in [9.17, 15) is 9.59 Å². The average Bonchev–Trinajstić information content (AvgIpc) is 2.16. The number of carboxylic acids is 1. The van der Waals surface area contributed by atoms with Crippen molar-refractivity contribution in [2.75, 3.05) is 0 Å². The summed E-state index contributed by atoms with van der Waals surface area (Å²) in [6.45, 7) is 0. The molecule has 1 heterocycles. The largest absolute Gasteiger partial charge is 0.477 e. The molecule has 0 amide bonds. The van der Waals surface area contributed by atoms with Crippen LogP contribution in [0.5, 0.6) is 0 Å². The third kappa shape index (κ3) is 1.87. The summed E-state index contributed by atoms with van der Waals surface area (Å²) in [5.41, 5.74) is -0.257. The molecule has 0 aliphatic carbocycles. The summed E-state index contributed by atoms with van der Waals surface area (Å²) in [6.07, 6.45) is 0.467. The predicted octanol–water partition coefficient (Wildman–Crippen LogP) is 0.464. The Hall–Kier alpha value is -2.22. The number of aromatic nitrogens is 1. The number of nitrogens with zero attached hydrogens (tertiary/aromatic N) is 2. The summed E-state index contributed by atoms with van der Waals surface area (Å²) >= 11 is 0. The first kappa shape index (κ1) is 8.87. The fraction of sp³-hybridized carbons (Fsp3) is 0. The van der Waals surface area contributed by atoms with E-state index in [1.165, 1.54) is 6.07 Å². The van der Waals surface area contributed by atoms with Gasteiger partial charge in [0.25, 0.3) is 0 Å². The number of carbonyl (C=O) groups is 2.